The van der Waals surface area contributed by atoms with Gasteiger partial charge in [-0.25, -0.2) is 0 Å². The Kier molecular flexibility index (Phi) is 4.03. The fourth-order valence-electron chi connectivity index (χ4n) is 5.96. The van der Waals surface area contributed by atoms with Crippen molar-refractivity contribution in [1.82, 2.24) is 0 Å². The lowest BCUT2D eigenvalue weighted by Crippen LogP contribution is -2.40. The normalized spacial score (nSPS) is 31.3. The number of amides is 3. The molecular formula is C26H22N2O4. The molecule has 3 fully saturated rings. The number of benzene rings is 2. The first-order valence-electron chi connectivity index (χ1n) is 11.0. The van der Waals surface area contributed by atoms with Crippen LogP contribution in [0.3, 0.4) is 0 Å². The van der Waals surface area contributed by atoms with Gasteiger partial charge in [-0.3, -0.25) is 24.1 Å². The van der Waals surface area contributed by atoms with E-state index in [1.165, 1.54) is 11.8 Å². The highest BCUT2D eigenvalue weighted by Gasteiger charge is 2.67. The zero-order valence-electron chi connectivity index (χ0n) is 17.5. The van der Waals surface area contributed by atoms with Crippen LogP contribution in [0, 0.1) is 35.5 Å². The van der Waals surface area contributed by atoms with E-state index in [-0.39, 0.29) is 47.2 Å². The summed E-state index contributed by atoms with van der Waals surface area (Å²) in [5, 5.41) is 2.80. The molecule has 32 heavy (non-hydrogen) atoms. The molecule has 0 spiro atoms. The number of hydrogen-bond acceptors (Lipinski definition) is 4. The Balaban J connectivity index is 1.19. The minimum absolute atomic E-state index is 0.0369. The second kappa shape index (κ2) is 6.73. The summed E-state index contributed by atoms with van der Waals surface area (Å²) in [7, 11) is 0. The van der Waals surface area contributed by atoms with Crippen LogP contribution >= 0.6 is 0 Å². The number of carbonyl (C=O) groups excluding carboxylic acids is 4. The molecular weight excluding hydrogens is 404 g/mol. The third-order valence-electron chi connectivity index (χ3n) is 7.60. The number of allylic oxidation sites excluding steroid dienone is 2. The SMILES string of the molecule is CC(=O)c1ccc(NC(=O)c2ccc(N3C(=O)[C@@H]4[C@H]5C=C[C@@H]([C@@H]6C[C@H]56)[C@@H]4C3=O)cc2)cc1. The van der Waals surface area contributed by atoms with Crippen molar-refractivity contribution < 1.29 is 19.2 Å². The van der Waals surface area contributed by atoms with Crippen molar-refractivity contribution in [2.24, 2.45) is 35.5 Å². The predicted molar refractivity (Wildman–Crippen MR) is 118 cm³/mol. The van der Waals surface area contributed by atoms with Crippen LogP contribution in [0.25, 0.3) is 0 Å². The quantitative estimate of drug-likeness (QED) is 0.459. The largest absolute Gasteiger partial charge is 0.322 e. The van der Waals surface area contributed by atoms with Gasteiger partial charge in [-0.05, 0) is 85.5 Å². The molecule has 1 heterocycles. The lowest BCUT2D eigenvalue weighted by atomic mass is 9.63. The number of nitrogens with zero attached hydrogens (tertiary/aromatic N) is 1. The van der Waals surface area contributed by atoms with Crippen molar-refractivity contribution in [3.63, 3.8) is 0 Å². The van der Waals surface area contributed by atoms with Crippen LogP contribution in [0.2, 0.25) is 0 Å². The van der Waals surface area contributed by atoms with E-state index >= 15 is 0 Å². The van der Waals surface area contributed by atoms with Crippen LogP contribution in [-0.4, -0.2) is 23.5 Å². The summed E-state index contributed by atoms with van der Waals surface area (Å²) in [6, 6.07) is 13.3. The van der Waals surface area contributed by atoms with E-state index in [0.29, 0.717) is 34.3 Å². The minimum atomic E-state index is -0.304. The number of nitrogens with one attached hydrogen (secondary N) is 1. The van der Waals surface area contributed by atoms with Crippen LogP contribution in [-0.2, 0) is 9.59 Å². The van der Waals surface area contributed by atoms with Crippen LogP contribution in [0.15, 0.2) is 60.7 Å². The molecule has 4 aliphatic carbocycles. The summed E-state index contributed by atoms with van der Waals surface area (Å²) in [4.78, 5) is 51.7. The average molecular weight is 426 g/mol. The average Bonchev–Trinajstić information content (AvgIpc) is 3.58. The van der Waals surface area contributed by atoms with Gasteiger partial charge >= 0.3 is 0 Å². The first-order valence-corrected chi connectivity index (χ1v) is 11.0. The van der Waals surface area contributed by atoms with E-state index in [1.54, 1.807) is 48.5 Å². The molecule has 6 nitrogen and oxygen atoms in total. The zero-order valence-corrected chi connectivity index (χ0v) is 17.5. The van der Waals surface area contributed by atoms with Crippen molar-refractivity contribution in [3.05, 3.63) is 71.8 Å². The minimum Gasteiger partial charge on any atom is -0.322 e. The Hall–Kier alpha value is -3.54. The van der Waals surface area contributed by atoms with Gasteiger partial charge in [-0.2, -0.15) is 0 Å². The Morgan fingerprint density at radius 3 is 1.88 bits per heavy atom. The third-order valence-corrected chi connectivity index (χ3v) is 7.60. The van der Waals surface area contributed by atoms with Gasteiger partial charge in [0.25, 0.3) is 5.91 Å². The molecule has 0 unspecified atom stereocenters. The number of rotatable bonds is 4. The summed E-state index contributed by atoms with van der Waals surface area (Å²) < 4.78 is 0. The molecule has 0 aromatic heterocycles. The number of carbonyl (C=O) groups is 4. The number of imide groups is 1. The molecule has 1 N–H and O–H groups in total. The number of anilines is 2. The van der Waals surface area contributed by atoms with Crippen molar-refractivity contribution in [3.8, 4) is 0 Å². The number of ketones is 1. The summed E-state index contributed by atoms with van der Waals surface area (Å²) in [5.74, 6) is 0.500. The lowest BCUT2D eigenvalue weighted by Gasteiger charge is -2.37. The molecule has 5 aliphatic rings. The van der Waals surface area contributed by atoms with Crippen LogP contribution < -0.4 is 10.2 Å². The first-order chi connectivity index (χ1) is 15.4. The monoisotopic (exact) mass is 426 g/mol. The van der Waals surface area contributed by atoms with E-state index in [4.69, 9.17) is 0 Å². The fourth-order valence-corrected chi connectivity index (χ4v) is 5.96. The second-order valence-corrected chi connectivity index (χ2v) is 9.30. The maximum atomic E-state index is 13.2. The second-order valence-electron chi connectivity index (χ2n) is 9.30. The van der Waals surface area contributed by atoms with E-state index in [2.05, 4.69) is 17.5 Å². The van der Waals surface area contributed by atoms with Crippen molar-refractivity contribution >= 4 is 34.9 Å². The standard InChI is InChI=1S/C26H22N2O4/c1-13(29)14-2-6-16(7-3-14)27-24(30)15-4-8-17(9-5-15)28-25(31)22-18-10-11-19(21-12-20(18)21)23(22)26(28)32/h2-11,18-23H,12H2,1H3,(H,27,30)/t18-,19-,20-,21+,22-,23+/m0/s1. The van der Waals surface area contributed by atoms with E-state index in [0.717, 1.165) is 6.42 Å². The number of hydrogen-bond donors (Lipinski definition) is 1. The summed E-state index contributed by atoms with van der Waals surface area (Å²) in [6.45, 7) is 1.49. The maximum absolute atomic E-state index is 13.2. The van der Waals surface area contributed by atoms with Gasteiger partial charge < -0.3 is 5.32 Å². The van der Waals surface area contributed by atoms with E-state index in [1.807, 2.05) is 0 Å². The van der Waals surface area contributed by atoms with Crippen molar-refractivity contribution in [2.75, 3.05) is 10.2 Å². The first kappa shape index (κ1) is 19.2. The Bertz CT molecular complexity index is 1160. The van der Waals surface area contributed by atoms with E-state index < -0.39 is 0 Å². The van der Waals surface area contributed by atoms with Gasteiger partial charge in [0.1, 0.15) is 0 Å². The van der Waals surface area contributed by atoms with Crippen LogP contribution in [0.5, 0.6) is 0 Å². The van der Waals surface area contributed by atoms with Crippen LogP contribution in [0.1, 0.15) is 34.1 Å². The molecule has 7 rings (SSSR count). The van der Waals surface area contributed by atoms with Gasteiger partial charge in [0.05, 0.1) is 17.5 Å². The highest BCUT2D eigenvalue weighted by atomic mass is 16.2. The topological polar surface area (TPSA) is 83.6 Å². The molecule has 6 atom stereocenters. The molecule has 2 aromatic rings. The summed E-state index contributed by atoms with van der Waals surface area (Å²) >= 11 is 0. The molecule has 1 saturated heterocycles. The highest BCUT2D eigenvalue weighted by Crippen LogP contribution is 2.65. The molecule has 160 valence electrons. The molecule has 2 saturated carbocycles. The molecule has 3 amide bonds. The smallest absolute Gasteiger partial charge is 0.255 e. The highest BCUT2D eigenvalue weighted by molar-refractivity contribution is 6.22. The van der Waals surface area contributed by atoms with Gasteiger partial charge in [0, 0.05) is 16.8 Å². The van der Waals surface area contributed by atoms with Crippen LogP contribution in [0.4, 0.5) is 11.4 Å². The Morgan fingerprint density at radius 1 is 0.812 bits per heavy atom. The zero-order chi connectivity index (χ0) is 22.1. The van der Waals surface area contributed by atoms with Crippen molar-refractivity contribution in [1.29, 1.82) is 0 Å². The van der Waals surface area contributed by atoms with Gasteiger partial charge in [-0.1, -0.05) is 12.2 Å². The Morgan fingerprint density at radius 2 is 1.34 bits per heavy atom. The van der Waals surface area contributed by atoms with Crippen molar-refractivity contribution in [2.45, 2.75) is 13.3 Å². The molecule has 6 heteroatoms. The predicted octanol–water partition coefficient (Wildman–Crippen LogP) is 3.70. The molecule has 1 aliphatic heterocycles. The van der Waals surface area contributed by atoms with Gasteiger partial charge in [0.2, 0.25) is 11.8 Å². The lowest BCUT2D eigenvalue weighted by molar-refractivity contribution is -0.124. The number of Topliss-reactive ketones (excluding diaryl/α,β-unsaturated/α-hetero) is 1. The maximum Gasteiger partial charge on any atom is 0.255 e. The fraction of sp³-hybridized carbons (Fsp3) is 0.308. The Labute approximate surface area is 185 Å². The molecule has 2 bridgehead atoms. The van der Waals surface area contributed by atoms with Gasteiger partial charge in [-0.15, -0.1) is 0 Å². The van der Waals surface area contributed by atoms with E-state index in [9.17, 15) is 19.2 Å². The molecule has 2 aromatic carbocycles. The molecule has 0 radical (unpaired) electrons. The summed E-state index contributed by atoms with van der Waals surface area (Å²) in [5.41, 5.74) is 2.10. The van der Waals surface area contributed by atoms with Gasteiger partial charge in [0.15, 0.2) is 5.78 Å². The summed E-state index contributed by atoms with van der Waals surface area (Å²) in [6.07, 6.45) is 5.45. The third kappa shape index (κ3) is 2.72.